The number of sulfonamides is 1. The molecule has 5 nitrogen and oxygen atoms in total. The molecule has 0 saturated carbocycles. The number of halogens is 1. The molecule has 0 unspecified atom stereocenters. The van der Waals surface area contributed by atoms with E-state index in [9.17, 15) is 8.42 Å². The van der Waals surface area contributed by atoms with Crippen LogP contribution in [-0.2, 0) is 16.6 Å². The largest absolute Gasteiger partial charge is 0.283 e. The second-order valence-electron chi connectivity index (χ2n) is 4.68. The van der Waals surface area contributed by atoms with Gasteiger partial charge in [0.1, 0.15) is 0 Å². The number of hydrogen-bond acceptors (Lipinski definition) is 3. The minimum atomic E-state index is -3.35. The van der Waals surface area contributed by atoms with E-state index in [0.29, 0.717) is 31.0 Å². The minimum absolute atomic E-state index is 0.0792. The molecule has 1 aromatic heterocycles. The molecule has 0 fully saturated rings. The average Bonchev–Trinajstić information content (AvgIpc) is 2.94. The Morgan fingerprint density at radius 2 is 2.00 bits per heavy atom. The van der Waals surface area contributed by atoms with Crippen LogP contribution in [-0.4, -0.2) is 29.8 Å². The number of aromatic nitrogens is 2. The standard InChI is InChI=1S/C14H18ClN3O2S/c15-8-3-4-11-21(19,20)17-14-7-2-1-6-13(14)12-18-10-5-9-16-18/h1-2,5-7,9-10,17H,3-4,8,11-12H2. The molecule has 0 bridgehead atoms. The number of hydrogen-bond donors (Lipinski definition) is 1. The van der Waals surface area contributed by atoms with Gasteiger partial charge in [-0.25, -0.2) is 8.42 Å². The maximum Gasteiger partial charge on any atom is 0.232 e. The van der Waals surface area contributed by atoms with Gasteiger partial charge in [0.2, 0.25) is 10.0 Å². The summed E-state index contributed by atoms with van der Waals surface area (Å²) in [6.07, 6.45) is 4.78. The van der Waals surface area contributed by atoms with Crippen molar-refractivity contribution >= 4 is 27.3 Å². The fourth-order valence-corrected chi connectivity index (χ4v) is 3.34. The Labute approximate surface area is 130 Å². The molecule has 0 aliphatic heterocycles. The molecular formula is C14H18ClN3O2S. The average molecular weight is 328 g/mol. The molecule has 114 valence electrons. The number of nitrogens with one attached hydrogen (secondary N) is 1. The van der Waals surface area contributed by atoms with Crippen molar-refractivity contribution in [1.82, 2.24) is 9.78 Å². The molecule has 7 heteroatoms. The third-order valence-corrected chi connectivity index (χ3v) is 4.60. The van der Waals surface area contributed by atoms with Gasteiger partial charge in [0.05, 0.1) is 18.0 Å². The lowest BCUT2D eigenvalue weighted by Crippen LogP contribution is -2.18. The first kappa shape index (κ1) is 15.9. The van der Waals surface area contributed by atoms with Gasteiger partial charge in [-0.1, -0.05) is 18.2 Å². The second-order valence-corrected chi connectivity index (χ2v) is 6.90. The fraction of sp³-hybridized carbons (Fsp3) is 0.357. The lowest BCUT2D eigenvalue weighted by Gasteiger charge is -2.12. The number of alkyl halides is 1. The lowest BCUT2D eigenvalue weighted by molar-refractivity contribution is 0.597. The number of unbranched alkanes of at least 4 members (excludes halogenated alkanes) is 1. The van der Waals surface area contributed by atoms with Crippen LogP contribution in [0.5, 0.6) is 0 Å². The molecule has 0 saturated heterocycles. The summed E-state index contributed by atoms with van der Waals surface area (Å²) < 4.78 is 28.5. The maximum absolute atomic E-state index is 12.1. The molecule has 0 aliphatic rings. The van der Waals surface area contributed by atoms with Gasteiger partial charge < -0.3 is 0 Å². The van der Waals surface area contributed by atoms with Crippen molar-refractivity contribution in [2.75, 3.05) is 16.4 Å². The van der Waals surface area contributed by atoms with E-state index in [1.165, 1.54) is 0 Å². The predicted molar refractivity (Wildman–Crippen MR) is 85.1 cm³/mol. The zero-order valence-corrected chi connectivity index (χ0v) is 13.1. The Morgan fingerprint density at radius 3 is 2.71 bits per heavy atom. The van der Waals surface area contributed by atoms with Crippen LogP contribution in [0.25, 0.3) is 0 Å². The number of anilines is 1. The van der Waals surface area contributed by atoms with Crippen LogP contribution >= 0.6 is 11.6 Å². The highest BCUT2D eigenvalue weighted by Crippen LogP contribution is 2.18. The van der Waals surface area contributed by atoms with Crippen LogP contribution in [0.15, 0.2) is 42.7 Å². The third kappa shape index (κ3) is 5.06. The number of nitrogens with zero attached hydrogens (tertiary/aromatic N) is 2. The lowest BCUT2D eigenvalue weighted by atomic mass is 10.2. The van der Waals surface area contributed by atoms with Gasteiger partial charge in [0, 0.05) is 18.3 Å². The van der Waals surface area contributed by atoms with E-state index in [1.807, 2.05) is 30.5 Å². The summed E-state index contributed by atoms with van der Waals surface area (Å²) >= 11 is 5.57. The summed E-state index contributed by atoms with van der Waals surface area (Å²) in [7, 11) is -3.35. The van der Waals surface area contributed by atoms with E-state index in [2.05, 4.69) is 9.82 Å². The first-order chi connectivity index (χ1) is 10.1. The van der Waals surface area contributed by atoms with Crippen molar-refractivity contribution in [3.63, 3.8) is 0 Å². The smallest absolute Gasteiger partial charge is 0.232 e. The Hall–Kier alpha value is -1.53. The minimum Gasteiger partial charge on any atom is -0.283 e. The molecule has 0 amide bonds. The summed E-state index contributed by atoms with van der Waals surface area (Å²) in [5, 5.41) is 4.13. The molecule has 0 aliphatic carbocycles. The Bertz CT molecular complexity index is 657. The second kappa shape index (κ2) is 7.47. The number of benzene rings is 1. The summed E-state index contributed by atoms with van der Waals surface area (Å²) in [4.78, 5) is 0. The van der Waals surface area contributed by atoms with Gasteiger partial charge in [0.15, 0.2) is 0 Å². The van der Waals surface area contributed by atoms with Crippen LogP contribution in [0.3, 0.4) is 0 Å². The van der Waals surface area contributed by atoms with Gasteiger partial charge in [0.25, 0.3) is 0 Å². The van der Waals surface area contributed by atoms with E-state index < -0.39 is 10.0 Å². The highest BCUT2D eigenvalue weighted by atomic mass is 35.5. The van der Waals surface area contributed by atoms with E-state index >= 15 is 0 Å². The van der Waals surface area contributed by atoms with E-state index in [1.54, 1.807) is 16.9 Å². The predicted octanol–water partition coefficient (Wildman–Crippen LogP) is 2.69. The first-order valence-electron chi connectivity index (χ1n) is 6.72. The zero-order valence-electron chi connectivity index (χ0n) is 11.6. The zero-order chi connectivity index (χ0) is 15.1. The molecule has 0 spiro atoms. The van der Waals surface area contributed by atoms with Crippen molar-refractivity contribution in [1.29, 1.82) is 0 Å². The van der Waals surface area contributed by atoms with Crippen LogP contribution < -0.4 is 4.72 Å². The summed E-state index contributed by atoms with van der Waals surface area (Å²) in [6, 6.07) is 9.17. The van der Waals surface area contributed by atoms with Gasteiger partial charge in [-0.15, -0.1) is 11.6 Å². The molecule has 1 N–H and O–H groups in total. The first-order valence-corrected chi connectivity index (χ1v) is 8.91. The number of para-hydroxylation sites is 1. The van der Waals surface area contributed by atoms with Gasteiger partial charge in [-0.3, -0.25) is 9.40 Å². The molecule has 21 heavy (non-hydrogen) atoms. The molecule has 2 aromatic rings. The Balaban J connectivity index is 2.09. The quantitative estimate of drug-likeness (QED) is 0.599. The summed E-state index contributed by atoms with van der Waals surface area (Å²) in [6.45, 7) is 0.521. The third-order valence-electron chi connectivity index (χ3n) is 2.97. The van der Waals surface area contributed by atoms with Crippen molar-refractivity contribution in [2.45, 2.75) is 19.4 Å². The summed E-state index contributed by atoms with van der Waals surface area (Å²) in [5.41, 5.74) is 1.47. The molecule has 1 heterocycles. The van der Waals surface area contributed by atoms with Crippen LogP contribution in [0.1, 0.15) is 18.4 Å². The van der Waals surface area contributed by atoms with Gasteiger partial charge in [-0.2, -0.15) is 5.10 Å². The monoisotopic (exact) mass is 327 g/mol. The van der Waals surface area contributed by atoms with Crippen molar-refractivity contribution in [2.24, 2.45) is 0 Å². The highest BCUT2D eigenvalue weighted by Gasteiger charge is 2.12. The molecule has 1 aromatic carbocycles. The molecular weight excluding hydrogens is 310 g/mol. The van der Waals surface area contributed by atoms with Gasteiger partial charge >= 0.3 is 0 Å². The van der Waals surface area contributed by atoms with E-state index in [4.69, 9.17) is 11.6 Å². The molecule has 2 rings (SSSR count). The topological polar surface area (TPSA) is 64.0 Å². The van der Waals surface area contributed by atoms with Crippen molar-refractivity contribution < 1.29 is 8.42 Å². The normalized spacial score (nSPS) is 11.5. The highest BCUT2D eigenvalue weighted by molar-refractivity contribution is 7.92. The fourth-order valence-electron chi connectivity index (χ4n) is 1.93. The number of rotatable bonds is 8. The molecule has 0 radical (unpaired) electrons. The van der Waals surface area contributed by atoms with Crippen molar-refractivity contribution in [3.8, 4) is 0 Å². The Kier molecular flexibility index (Phi) is 5.64. The molecule has 0 atom stereocenters. The van der Waals surface area contributed by atoms with Gasteiger partial charge in [-0.05, 0) is 30.5 Å². The van der Waals surface area contributed by atoms with E-state index in [-0.39, 0.29) is 5.75 Å². The van der Waals surface area contributed by atoms with Crippen LogP contribution in [0, 0.1) is 0 Å². The van der Waals surface area contributed by atoms with Crippen LogP contribution in [0.2, 0.25) is 0 Å². The Morgan fingerprint density at radius 1 is 1.19 bits per heavy atom. The van der Waals surface area contributed by atoms with E-state index in [0.717, 1.165) is 5.56 Å². The summed E-state index contributed by atoms with van der Waals surface area (Å²) in [5.74, 6) is 0.557. The SMILES string of the molecule is O=S(=O)(CCCCCl)Nc1ccccc1Cn1cccn1. The maximum atomic E-state index is 12.1. The van der Waals surface area contributed by atoms with Crippen molar-refractivity contribution in [3.05, 3.63) is 48.3 Å². The van der Waals surface area contributed by atoms with Crippen LogP contribution in [0.4, 0.5) is 5.69 Å².